The molecule has 0 amide bonds. The highest BCUT2D eigenvalue weighted by molar-refractivity contribution is 7.97. The summed E-state index contributed by atoms with van der Waals surface area (Å²) in [5.41, 5.74) is 0.932. The third-order valence-corrected chi connectivity index (χ3v) is 1.70. The standard InChI is InChI=1S/C5H7N3S2/c1-10-3-4-2-6-5(9)8-7-4/h2H,3H2,1H3,(H,6,8,9). The van der Waals surface area contributed by atoms with Crippen LogP contribution < -0.4 is 0 Å². The van der Waals surface area contributed by atoms with Crippen LogP contribution in [0.5, 0.6) is 0 Å². The lowest BCUT2D eigenvalue weighted by molar-refractivity contribution is 0.902. The second kappa shape index (κ2) is 3.68. The van der Waals surface area contributed by atoms with Gasteiger partial charge in [0, 0.05) is 5.75 Å². The van der Waals surface area contributed by atoms with Gasteiger partial charge in [0.1, 0.15) is 0 Å². The summed E-state index contributed by atoms with van der Waals surface area (Å²) in [5.74, 6) is 0.874. The number of aromatic nitrogens is 3. The maximum Gasteiger partial charge on any atom is 0.213 e. The zero-order chi connectivity index (χ0) is 7.40. The first-order valence-corrected chi connectivity index (χ1v) is 4.52. The second-order valence-corrected chi connectivity index (χ2v) is 2.96. The van der Waals surface area contributed by atoms with Crippen LogP contribution in [0.2, 0.25) is 0 Å². The van der Waals surface area contributed by atoms with Crippen LogP contribution in [0.4, 0.5) is 0 Å². The van der Waals surface area contributed by atoms with Crippen molar-refractivity contribution in [2.45, 2.75) is 5.75 Å². The van der Waals surface area contributed by atoms with E-state index in [4.69, 9.17) is 12.2 Å². The summed E-state index contributed by atoms with van der Waals surface area (Å²) in [6, 6.07) is 0. The molecule has 1 aromatic heterocycles. The first-order chi connectivity index (χ1) is 4.83. The molecule has 54 valence electrons. The molecule has 0 saturated heterocycles. The van der Waals surface area contributed by atoms with Crippen LogP contribution in [-0.4, -0.2) is 21.4 Å². The SMILES string of the molecule is CSCc1cnc(=S)[nH]n1. The van der Waals surface area contributed by atoms with Gasteiger partial charge in [0.25, 0.3) is 0 Å². The number of aromatic amines is 1. The average molecular weight is 173 g/mol. The molecule has 0 bridgehead atoms. The molecule has 0 unspecified atom stereocenters. The van der Waals surface area contributed by atoms with Crippen LogP contribution in [0.25, 0.3) is 0 Å². The number of rotatable bonds is 2. The monoisotopic (exact) mass is 173 g/mol. The normalized spacial score (nSPS) is 9.70. The van der Waals surface area contributed by atoms with Gasteiger partial charge in [-0.2, -0.15) is 16.9 Å². The summed E-state index contributed by atoms with van der Waals surface area (Å²) in [5, 5.41) is 6.58. The Morgan fingerprint density at radius 2 is 2.60 bits per heavy atom. The van der Waals surface area contributed by atoms with E-state index in [9.17, 15) is 0 Å². The van der Waals surface area contributed by atoms with E-state index in [1.807, 2.05) is 6.26 Å². The number of hydrogen-bond donors (Lipinski definition) is 1. The van der Waals surface area contributed by atoms with Gasteiger partial charge in [0.15, 0.2) is 0 Å². The lowest BCUT2D eigenvalue weighted by Crippen LogP contribution is -1.92. The molecule has 1 aromatic rings. The van der Waals surface area contributed by atoms with Crippen molar-refractivity contribution in [1.82, 2.24) is 15.2 Å². The summed E-state index contributed by atoms with van der Waals surface area (Å²) in [4.78, 5) is 3.88. The van der Waals surface area contributed by atoms with Crippen molar-refractivity contribution >= 4 is 24.0 Å². The van der Waals surface area contributed by atoms with Crippen LogP contribution in [0, 0.1) is 4.77 Å². The molecule has 3 nitrogen and oxygen atoms in total. The molecule has 1 heterocycles. The number of nitrogens with zero attached hydrogens (tertiary/aromatic N) is 2. The molecule has 1 rings (SSSR count). The van der Waals surface area contributed by atoms with Gasteiger partial charge in [-0.3, -0.25) is 5.10 Å². The van der Waals surface area contributed by atoms with Gasteiger partial charge in [-0.25, -0.2) is 4.98 Å². The van der Waals surface area contributed by atoms with Crippen molar-refractivity contribution in [2.75, 3.05) is 6.26 Å². The Morgan fingerprint density at radius 1 is 1.80 bits per heavy atom. The molecule has 0 aromatic carbocycles. The number of H-pyrrole nitrogens is 1. The Hall–Kier alpha value is -0.420. The Kier molecular flexibility index (Phi) is 2.82. The Bertz CT molecular complexity index is 237. The summed E-state index contributed by atoms with van der Waals surface area (Å²) < 4.78 is 0.435. The predicted molar refractivity (Wildman–Crippen MR) is 44.4 cm³/mol. The van der Waals surface area contributed by atoms with Crippen LogP contribution in [0.3, 0.4) is 0 Å². The van der Waals surface area contributed by atoms with Crippen LogP contribution in [0.15, 0.2) is 6.20 Å². The van der Waals surface area contributed by atoms with E-state index in [1.54, 1.807) is 18.0 Å². The van der Waals surface area contributed by atoms with Crippen LogP contribution >= 0.6 is 24.0 Å². The first kappa shape index (κ1) is 7.68. The van der Waals surface area contributed by atoms with Crippen molar-refractivity contribution in [3.63, 3.8) is 0 Å². The van der Waals surface area contributed by atoms with Gasteiger partial charge >= 0.3 is 0 Å². The Morgan fingerprint density at radius 3 is 3.10 bits per heavy atom. The third kappa shape index (κ3) is 2.07. The van der Waals surface area contributed by atoms with E-state index in [0.717, 1.165) is 11.4 Å². The van der Waals surface area contributed by atoms with Crippen molar-refractivity contribution < 1.29 is 0 Å². The van der Waals surface area contributed by atoms with Crippen molar-refractivity contribution in [3.8, 4) is 0 Å². The highest BCUT2D eigenvalue weighted by atomic mass is 32.2. The molecule has 0 radical (unpaired) electrons. The van der Waals surface area contributed by atoms with E-state index in [1.165, 1.54) is 0 Å². The van der Waals surface area contributed by atoms with Crippen molar-refractivity contribution in [2.24, 2.45) is 0 Å². The minimum absolute atomic E-state index is 0.435. The summed E-state index contributed by atoms with van der Waals surface area (Å²) in [7, 11) is 0. The molecule has 5 heteroatoms. The number of nitrogens with one attached hydrogen (secondary N) is 1. The largest absolute Gasteiger partial charge is 0.252 e. The average Bonchev–Trinajstić information content (AvgIpc) is 1.95. The van der Waals surface area contributed by atoms with E-state index < -0.39 is 0 Å². The fourth-order valence-electron chi connectivity index (χ4n) is 0.528. The van der Waals surface area contributed by atoms with E-state index in [-0.39, 0.29) is 0 Å². The van der Waals surface area contributed by atoms with E-state index >= 15 is 0 Å². The highest BCUT2D eigenvalue weighted by Gasteiger charge is 1.90. The van der Waals surface area contributed by atoms with Gasteiger partial charge in [0.05, 0.1) is 11.9 Å². The predicted octanol–water partition coefficient (Wildman–Crippen LogP) is 1.40. The lowest BCUT2D eigenvalue weighted by Gasteiger charge is -1.92. The number of thioether (sulfide) groups is 1. The van der Waals surface area contributed by atoms with Gasteiger partial charge < -0.3 is 0 Å². The summed E-state index contributed by atoms with van der Waals surface area (Å²) >= 11 is 6.42. The molecule has 0 saturated carbocycles. The molecular formula is C5H7N3S2. The fraction of sp³-hybridized carbons (Fsp3) is 0.400. The molecule has 10 heavy (non-hydrogen) atoms. The van der Waals surface area contributed by atoms with Gasteiger partial charge in [0.2, 0.25) is 4.77 Å². The van der Waals surface area contributed by atoms with Gasteiger partial charge in [-0.15, -0.1) is 0 Å². The molecular weight excluding hydrogens is 166 g/mol. The fourth-order valence-corrected chi connectivity index (χ4v) is 1.06. The maximum absolute atomic E-state index is 4.72. The Balaban J connectivity index is 2.79. The quantitative estimate of drug-likeness (QED) is 0.686. The van der Waals surface area contributed by atoms with Gasteiger partial charge in [-0.05, 0) is 18.5 Å². The molecule has 0 fully saturated rings. The lowest BCUT2D eigenvalue weighted by atomic mass is 10.5. The van der Waals surface area contributed by atoms with Gasteiger partial charge in [-0.1, -0.05) is 0 Å². The van der Waals surface area contributed by atoms with Crippen molar-refractivity contribution in [3.05, 3.63) is 16.7 Å². The zero-order valence-corrected chi connectivity index (χ0v) is 7.13. The summed E-state index contributed by atoms with van der Waals surface area (Å²) in [6.45, 7) is 0. The molecule has 0 aliphatic heterocycles. The van der Waals surface area contributed by atoms with E-state index in [0.29, 0.717) is 4.77 Å². The number of hydrogen-bond acceptors (Lipinski definition) is 4. The second-order valence-electron chi connectivity index (χ2n) is 1.71. The first-order valence-electron chi connectivity index (χ1n) is 2.72. The smallest absolute Gasteiger partial charge is 0.213 e. The molecule has 0 aliphatic rings. The van der Waals surface area contributed by atoms with Crippen molar-refractivity contribution in [1.29, 1.82) is 0 Å². The third-order valence-electron chi connectivity index (χ3n) is 0.918. The van der Waals surface area contributed by atoms with E-state index in [2.05, 4.69) is 15.2 Å². The summed E-state index contributed by atoms with van der Waals surface area (Å²) in [6.07, 6.45) is 3.71. The van der Waals surface area contributed by atoms with Crippen LogP contribution in [0.1, 0.15) is 5.69 Å². The molecule has 0 spiro atoms. The minimum atomic E-state index is 0.435. The molecule has 0 atom stereocenters. The molecule has 0 aliphatic carbocycles. The zero-order valence-electron chi connectivity index (χ0n) is 5.50. The Labute approximate surface area is 68.3 Å². The topological polar surface area (TPSA) is 41.6 Å². The van der Waals surface area contributed by atoms with Crippen LogP contribution in [-0.2, 0) is 5.75 Å². The highest BCUT2D eigenvalue weighted by Crippen LogP contribution is 2.01. The molecule has 1 N–H and O–H groups in total. The minimum Gasteiger partial charge on any atom is -0.252 e. The maximum atomic E-state index is 4.72.